The number of amides is 1. The molecule has 1 aliphatic heterocycles. The number of likely N-dealkylation sites (tertiary alicyclic amines) is 1. The molecule has 0 unspecified atom stereocenters. The summed E-state index contributed by atoms with van der Waals surface area (Å²) in [6.45, 7) is 1.55. The molecule has 1 saturated heterocycles. The van der Waals surface area contributed by atoms with Gasteiger partial charge in [0.25, 0.3) is 5.91 Å². The molecule has 6 nitrogen and oxygen atoms in total. The minimum absolute atomic E-state index is 0.148. The fraction of sp³-hybridized carbons (Fsp3) is 0.421. The Kier molecular flexibility index (Phi) is 6.18. The highest BCUT2D eigenvalue weighted by atomic mass is 16.1. The highest BCUT2D eigenvalue weighted by molar-refractivity contribution is 6.05. The van der Waals surface area contributed by atoms with Crippen LogP contribution >= 0.6 is 0 Å². The van der Waals surface area contributed by atoms with Gasteiger partial charge in [0.1, 0.15) is 11.6 Å². The Hall–Kier alpha value is -2.81. The minimum atomic E-state index is -0.477. The van der Waals surface area contributed by atoms with Crippen molar-refractivity contribution in [3.05, 3.63) is 47.2 Å². The maximum absolute atomic E-state index is 12.6. The van der Waals surface area contributed by atoms with Gasteiger partial charge >= 0.3 is 0 Å². The first-order valence-electron chi connectivity index (χ1n) is 8.33. The number of carbonyl (C=O) groups is 1. The molecule has 0 radical (unpaired) electrons. The zero-order valence-corrected chi connectivity index (χ0v) is 15.4. The van der Waals surface area contributed by atoms with E-state index in [0.717, 1.165) is 30.6 Å². The number of hydrogen-bond acceptors (Lipinski definition) is 3. The predicted molar refractivity (Wildman–Crippen MR) is 98.5 cm³/mol. The van der Waals surface area contributed by atoms with E-state index in [0.29, 0.717) is 12.5 Å². The van der Waals surface area contributed by atoms with E-state index in [-0.39, 0.29) is 5.57 Å². The van der Waals surface area contributed by atoms with Crippen LogP contribution < -0.4 is 0 Å². The molecular weight excluding hydrogens is 314 g/mol. The molecule has 0 spiro atoms. The molecule has 1 heterocycles. The van der Waals surface area contributed by atoms with Crippen molar-refractivity contribution >= 4 is 11.9 Å². The summed E-state index contributed by atoms with van der Waals surface area (Å²) >= 11 is 0. The average molecular weight is 339 g/mol. The first kappa shape index (κ1) is 18.5. The van der Waals surface area contributed by atoms with Crippen LogP contribution in [-0.4, -0.2) is 61.3 Å². The number of rotatable bonds is 3. The van der Waals surface area contributed by atoms with Crippen LogP contribution in [0, 0.1) is 11.3 Å². The largest absolute Gasteiger partial charge is 0.369 e. The average Bonchev–Trinajstić information content (AvgIpc) is 3.01. The van der Waals surface area contributed by atoms with E-state index in [9.17, 15) is 10.1 Å². The van der Waals surface area contributed by atoms with Crippen molar-refractivity contribution < 1.29 is 4.79 Å². The first-order chi connectivity index (χ1) is 11.9. The zero-order valence-electron chi connectivity index (χ0n) is 15.4. The predicted octanol–water partition coefficient (Wildman–Crippen LogP) is 2.07. The monoisotopic (exact) mass is 339 g/mol. The van der Waals surface area contributed by atoms with Crippen LogP contribution in [0.25, 0.3) is 0 Å². The maximum atomic E-state index is 12.6. The molecule has 25 heavy (non-hydrogen) atoms. The molecule has 6 heteroatoms. The van der Waals surface area contributed by atoms with Crippen molar-refractivity contribution in [2.45, 2.75) is 19.4 Å². The number of guanidine groups is 1. The lowest BCUT2D eigenvalue weighted by Gasteiger charge is -2.23. The van der Waals surface area contributed by atoms with Gasteiger partial charge in [-0.1, -0.05) is 30.3 Å². The standard InChI is InChI=1S/C19H25N5O/c1-22(2)19(23(3)4)21-18(25)16(13-20)17-11-8-12-24(17)14-15-9-6-5-7-10-15/h5-7,9-10H,8,11-12,14H2,1-4H3/b17-16-. The number of allylic oxidation sites excluding steroid dienone is 1. The van der Waals surface area contributed by atoms with Crippen LogP contribution in [0.2, 0.25) is 0 Å². The van der Waals surface area contributed by atoms with Crippen LogP contribution in [0.5, 0.6) is 0 Å². The van der Waals surface area contributed by atoms with Crippen molar-refractivity contribution in [1.29, 1.82) is 5.26 Å². The van der Waals surface area contributed by atoms with Gasteiger partial charge < -0.3 is 14.7 Å². The van der Waals surface area contributed by atoms with Crippen molar-refractivity contribution in [1.82, 2.24) is 14.7 Å². The van der Waals surface area contributed by atoms with Gasteiger partial charge in [0.15, 0.2) is 0 Å². The molecule has 0 N–H and O–H groups in total. The zero-order chi connectivity index (χ0) is 18.4. The highest BCUT2D eigenvalue weighted by Gasteiger charge is 2.25. The number of hydrogen-bond donors (Lipinski definition) is 0. The van der Waals surface area contributed by atoms with Gasteiger partial charge in [-0.15, -0.1) is 0 Å². The van der Waals surface area contributed by atoms with Crippen molar-refractivity contribution in [3.63, 3.8) is 0 Å². The van der Waals surface area contributed by atoms with E-state index in [1.807, 2.05) is 46.4 Å². The van der Waals surface area contributed by atoms with E-state index >= 15 is 0 Å². The summed E-state index contributed by atoms with van der Waals surface area (Å²) in [4.78, 5) is 22.4. The summed E-state index contributed by atoms with van der Waals surface area (Å²) in [5, 5.41) is 9.58. The molecule has 0 atom stereocenters. The molecule has 0 aromatic heterocycles. The van der Waals surface area contributed by atoms with Crippen molar-refractivity contribution in [2.75, 3.05) is 34.7 Å². The summed E-state index contributed by atoms with van der Waals surface area (Å²) in [5.41, 5.74) is 2.11. The second-order valence-corrected chi connectivity index (χ2v) is 6.45. The third-order valence-electron chi connectivity index (χ3n) is 4.06. The Morgan fingerprint density at radius 1 is 1.20 bits per heavy atom. The van der Waals surface area contributed by atoms with Gasteiger partial charge in [0.2, 0.25) is 5.96 Å². The fourth-order valence-corrected chi connectivity index (χ4v) is 2.97. The summed E-state index contributed by atoms with van der Waals surface area (Å²) < 4.78 is 0. The Morgan fingerprint density at radius 2 is 1.84 bits per heavy atom. The molecule has 1 aromatic rings. The third-order valence-corrected chi connectivity index (χ3v) is 4.06. The minimum Gasteiger partial charge on any atom is -0.369 e. The molecular formula is C19H25N5O. The lowest BCUT2D eigenvalue weighted by atomic mass is 10.1. The molecule has 132 valence electrons. The Balaban J connectivity index is 2.31. The van der Waals surface area contributed by atoms with Gasteiger partial charge in [-0.25, -0.2) is 0 Å². The number of aliphatic imine (C=N–C) groups is 1. The molecule has 0 aliphatic carbocycles. The summed E-state index contributed by atoms with van der Waals surface area (Å²) in [7, 11) is 7.29. The van der Waals surface area contributed by atoms with Gasteiger partial charge in [-0.05, 0) is 18.4 Å². The van der Waals surface area contributed by atoms with E-state index in [2.05, 4.69) is 28.1 Å². The Bertz CT molecular complexity index is 703. The number of benzene rings is 1. The SMILES string of the molecule is CN(C)C(=NC(=O)/C(C#N)=C1/CCCN1Cc1ccccc1)N(C)C. The van der Waals surface area contributed by atoms with Crippen LogP contribution in [0.4, 0.5) is 0 Å². The van der Waals surface area contributed by atoms with Crippen LogP contribution in [-0.2, 0) is 11.3 Å². The summed E-state index contributed by atoms with van der Waals surface area (Å²) in [6.07, 6.45) is 1.68. The second kappa shape index (κ2) is 8.34. The van der Waals surface area contributed by atoms with Gasteiger partial charge in [0.05, 0.1) is 0 Å². The summed E-state index contributed by atoms with van der Waals surface area (Å²) in [5.74, 6) is 0.0424. The fourth-order valence-electron chi connectivity index (χ4n) is 2.97. The smallest absolute Gasteiger partial charge is 0.292 e. The van der Waals surface area contributed by atoms with Gasteiger partial charge in [-0.2, -0.15) is 10.3 Å². The molecule has 0 bridgehead atoms. The molecule has 0 saturated carbocycles. The van der Waals surface area contributed by atoms with E-state index in [1.54, 1.807) is 9.80 Å². The van der Waals surface area contributed by atoms with Gasteiger partial charge in [-0.3, -0.25) is 4.79 Å². The highest BCUT2D eigenvalue weighted by Crippen LogP contribution is 2.26. The number of nitrogens with zero attached hydrogens (tertiary/aromatic N) is 5. The molecule has 1 aromatic carbocycles. The van der Waals surface area contributed by atoms with E-state index in [1.165, 1.54) is 0 Å². The Morgan fingerprint density at radius 3 is 2.40 bits per heavy atom. The first-order valence-corrected chi connectivity index (χ1v) is 8.33. The summed E-state index contributed by atoms with van der Waals surface area (Å²) in [6, 6.07) is 12.2. The molecule has 1 amide bonds. The molecule has 1 fully saturated rings. The number of carbonyl (C=O) groups excluding carboxylic acids is 1. The van der Waals surface area contributed by atoms with Crippen LogP contribution in [0.1, 0.15) is 18.4 Å². The normalized spacial score (nSPS) is 15.4. The molecule has 2 rings (SSSR count). The lowest BCUT2D eigenvalue weighted by Crippen LogP contribution is -2.36. The van der Waals surface area contributed by atoms with Crippen LogP contribution in [0.3, 0.4) is 0 Å². The quantitative estimate of drug-likeness (QED) is 0.365. The second-order valence-electron chi connectivity index (χ2n) is 6.45. The molecule has 1 aliphatic rings. The topological polar surface area (TPSA) is 62.9 Å². The van der Waals surface area contributed by atoms with Crippen LogP contribution in [0.15, 0.2) is 46.6 Å². The Labute approximate surface area is 149 Å². The van der Waals surface area contributed by atoms with Gasteiger partial charge in [0, 0.05) is 47.0 Å². The van der Waals surface area contributed by atoms with E-state index < -0.39 is 5.91 Å². The number of nitriles is 1. The third kappa shape index (κ3) is 4.60. The van der Waals surface area contributed by atoms with Crippen molar-refractivity contribution in [3.8, 4) is 6.07 Å². The maximum Gasteiger partial charge on any atom is 0.292 e. The lowest BCUT2D eigenvalue weighted by molar-refractivity contribution is -0.114. The van der Waals surface area contributed by atoms with E-state index in [4.69, 9.17) is 0 Å². The van der Waals surface area contributed by atoms with Crippen molar-refractivity contribution in [2.24, 2.45) is 4.99 Å².